The van der Waals surface area contributed by atoms with Crippen LogP contribution in [0.3, 0.4) is 0 Å². The van der Waals surface area contributed by atoms with Gasteiger partial charge in [-0.25, -0.2) is 0 Å². The van der Waals surface area contributed by atoms with Crippen LogP contribution in [0.4, 0.5) is 0 Å². The Morgan fingerprint density at radius 2 is 1.25 bits per heavy atom. The molecule has 0 bridgehead atoms. The van der Waals surface area contributed by atoms with Crippen LogP contribution in [0.15, 0.2) is 91.0 Å². The third-order valence-corrected chi connectivity index (χ3v) is 5.82. The molecule has 1 heterocycles. The van der Waals surface area contributed by atoms with E-state index in [2.05, 4.69) is 95.9 Å². The molecule has 0 spiro atoms. The number of nitrogens with zero attached hydrogens (tertiary/aromatic N) is 1. The van der Waals surface area contributed by atoms with Crippen LogP contribution < -0.4 is 5.73 Å². The van der Waals surface area contributed by atoms with E-state index in [1.54, 1.807) is 0 Å². The molecule has 0 aromatic heterocycles. The summed E-state index contributed by atoms with van der Waals surface area (Å²) in [5, 5.41) is 0. The van der Waals surface area contributed by atoms with Gasteiger partial charge in [-0.2, -0.15) is 0 Å². The standard InChI is InChI=1S/C25H26N2O/c26-24(28)18-20-16-17-27(19-20)25(21-10-4-1-5-11-21,22-12-6-2-7-13-22)23-14-8-3-9-15-23/h1-15,20H,16-19H2,(H2,26,28). The maximum absolute atomic E-state index is 11.5. The lowest BCUT2D eigenvalue weighted by Crippen LogP contribution is -2.47. The van der Waals surface area contributed by atoms with Gasteiger partial charge in [0.25, 0.3) is 0 Å². The molecule has 142 valence electrons. The average Bonchev–Trinajstić information content (AvgIpc) is 3.19. The maximum Gasteiger partial charge on any atom is 0.217 e. The number of amides is 1. The van der Waals surface area contributed by atoms with Gasteiger partial charge in [0.1, 0.15) is 0 Å². The molecule has 0 aliphatic carbocycles. The van der Waals surface area contributed by atoms with Gasteiger partial charge in [-0.05, 0) is 35.6 Å². The van der Waals surface area contributed by atoms with Crippen molar-refractivity contribution in [2.24, 2.45) is 11.7 Å². The van der Waals surface area contributed by atoms with E-state index in [0.29, 0.717) is 12.3 Å². The number of rotatable bonds is 6. The number of primary amides is 1. The van der Waals surface area contributed by atoms with Gasteiger partial charge in [-0.15, -0.1) is 0 Å². The fourth-order valence-corrected chi connectivity index (χ4v) is 4.67. The van der Waals surface area contributed by atoms with Crippen LogP contribution in [0, 0.1) is 5.92 Å². The highest BCUT2D eigenvalue weighted by atomic mass is 16.1. The van der Waals surface area contributed by atoms with Gasteiger partial charge < -0.3 is 5.73 Å². The molecule has 28 heavy (non-hydrogen) atoms. The van der Waals surface area contributed by atoms with Crippen LogP contribution in [-0.4, -0.2) is 23.9 Å². The number of hydrogen-bond donors (Lipinski definition) is 1. The van der Waals surface area contributed by atoms with Gasteiger partial charge in [0.15, 0.2) is 0 Å². The molecule has 3 aromatic carbocycles. The van der Waals surface area contributed by atoms with E-state index in [4.69, 9.17) is 5.73 Å². The van der Waals surface area contributed by atoms with E-state index in [0.717, 1.165) is 19.5 Å². The van der Waals surface area contributed by atoms with E-state index in [9.17, 15) is 4.79 Å². The largest absolute Gasteiger partial charge is 0.370 e. The highest BCUT2D eigenvalue weighted by molar-refractivity contribution is 5.74. The van der Waals surface area contributed by atoms with Crippen molar-refractivity contribution in [3.63, 3.8) is 0 Å². The summed E-state index contributed by atoms with van der Waals surface area (Å²) in [6, 6.07) is 32.1. The third-order valence-electron chi connectivity index (χ3n) is 5.82. The van der Waals surface area contributed by atoms with Crippen LogP contribution in [0.1, 0.15) is 29.5 Å². The Bertz CT molecular complexity index is 812. The van der Waals surface area contributed by atoms with Crippen molar-refractivity contribution in [2.45, 2.75) is 18.4 Å². The fraction of sp³-hybridized carbons (Fsp3) is 0.240. The molecule has 1 amide bonds. The molecule has 1 atom stereocenters. The lowest BCUT2D eigenvalue weighted by molar-refractivity contribution is -0.118. The van der Waals surface area contributed by atoms with Crippen molar-refractivity contribution in [3.05, 3.63) is 108 Å². The summed E-state index contributed by atoms with van der Waals surface area (Å²) in [4.78, 5) is 14.1. The Morgan fingerprint density at radius 3 is 1.64 bits per heavy atom. The number of hydrogen-bond acceptors (Lipinski definition) is 2. The molecule has 1 saturated heterocycles. The minimum atomic E-state index is -0.393. The quantitative estimate of drug-likeness (QED) is 0.662. The van der Waals surface area contributed by atoms with Gasteiger partial charge in [-0.3, -0.25) is 9.69 Å². The highest BCUT2D eigenvalue weighted by Gasteiger charge is 2.44. The van der Waals surface area contributed by atoms with Gasteiger partial charge in [0.2, 0.25) is 5.91 Å². The molecular formula is C25H26N2O. The second-order valence-electron chi connectivity index (χ2n) is 7.58. The Hall–Kier alpha value is -2.91. The zero-order valence-electron chi connectivity index (χ0n) is 16.0. The minimum absolute atomic E-state index is 0.211. The first kappa shape index (κ1) is 18.5. The second-order valence-corrected chi connectivity index (χ2v) is 7.58. The van der Waals surface area contributed by atoms with Crippen molar-refractivity contribution in [1.29, 1.82) is 0 Å². The molecule has 1 unspecified atom stereocenters. The van der Waals surface area contributed by atoms with Crippen LogP contribution in [0.25, 0.3) is 0 Å². The van der Waals surface area contributed by atoms with Crippen molar-refractivity contribution in [1.82, 2.24) is 4.90 Å². The summed E-state index contributed by atoms with van der Waals surface area (Å²) in [5.41, 5.74) is 8.84. The topological polar surface area (TPSA) is 46.3 Å². The molecule has 4 rings (SSSR count). The van der Waals surface area contributed by atoms with Crippen LogP contribution in [0.5, 0.6) is 0 Å². The third kappa shape index (κ3) is 3.34. The first-order chi connectivity index (χ1) is 13.7. The molecule has 1 aliphatic heterocycles. The summed E-state index contributed by atoms with van der Waals surface area (Å²) >= 11 is 0. The molecule has 1 aliphatic rings. The molecule has 3 heteroatoms. The number of carbonyl (C=O) groups excluding carboxylic acids is 1. The van der Waals surface area contributed by atoms with E-state index in [1.165, 1.54) is 16.7 Å². The predicted octanol–water partition coefficient (Wildman–Crippen LogP) is 4.18. The summed E-state index contributed by atoms with van der Waals surface area (Å²) in [6.07, 6.45) is 1.43. The zero-order valence-corrected chi connectivity index (χ0v) is 16.0. The average molecular weight is 370 g/mol. The first-order valence-corrected chi connectivity index (χ1v) is 9.91. The van der Waals surface area contributed by atoms with Crippen molar-refractivity contribution >= 4 is 5.91 Å². The molecule has 0 saturated carbocycles. The Kier molecular flexibility index (Phi) is 5.27. The van der Waals surface area contributed by atoms with Crippen molar-refractivity contribution < 1.29 is 4.79 Å². The molecule has 1 fully saturated rings. The summed E-state index contributed by atoms with van der Waals surface area (Å²) in [7, 11) is 0. The first-order valence-electron chi connectivity index (χ1n) is 9.91. The lowest BCUT2D eigenvalue weighted by atomic mass is 9.75. The summed E-state index contributed by atoms with van der Waals surface area (Å²) in [6.45, 7) is 1.78. The molecule has 3 aromatic rings. The monoisotopic (exact) mass is 370 g/mol. The number of nitrogens with two attached hydrogens (primary N) is 1. The Balaban J connectivity index is 1.91. The maximum atomic E-state index is 11.5. The fourth-order valence-electron chi connectivity index (χ4n) is 4.67. The van der Waals surface area contributed by atoms with E-state index in [-0.39, 0.29) is 5.91 Å². The normalized spacial score (nSPS) is 17.5. The molecular weight excluding hydrogens is 344 g/mol. The highest BCUT2D eigenvalue weighted by Crippen LogP contribution is 2.44. The number of likely N-dealkylation sites (tertiary alicyclic amines) is 1. The molecule has 3 nitrogen and oxygen atoms in total. The minimum Gasteiger partial charge on any atom is -0.370 e. The van der Waals surface area contributed by atoms with Gasteiger partial charge in [0, 0.05) is 13.0 Å². The lowest BCUT2D eigenvalue weighted by Gasteiger charge is -2.44. The van der Waals surface area contributed by atoms with Gasteiger partial charge >= 0.3 is 0 Å². The van der Waals surface area contributed by atoms with E-state index >= 15 is 0 Å². The van der Waals surface area contributed by atoms with Gasteiger partial charge in [-0.1, -0.05) is 91.0 Å². The van der Waals surface area contributed by atoms with Crippen LogP contribution in [0.2, 0.25) is 0 Å². The number of carbonyl (C=O) groups is 1. The van der Waals surface area contributed by atoms with E-state index in [1.807, 2.05) is 0 Å². The SMILES string of the molecule is NC(=O)CC1CCN(C(c2ccccc2)(c2ccccc2)c2ccccc2)C1. The van der Waals surface area contributed by atoms with Crippen molar-refractivity contribution in [2.75, 3.05) is 13.1 Å². The van der Waals surface area contributed by atoms with Crippen molar-refractivity contribution in [3.8, 4) is 0 Å². The Labute approximate surface area is 166 Å². The predicted molar refractivity (Wildman–Crippen MR) is 113 cm³/mol. The Morgan fingerprint density at radius 1 is 0.821 bits per heavy atom. The molecule has 0 radical (unpaired) electrons. The van der Waals surface area contributed by atoms with Crippen LogP contribution >= 0.6 is 0 Å². The summed E-state index contributed by atoms with van der Waals surface area (Å²) in [5.74, 6) is 0.0876. The van der Waals surface area contributed by atoms with E-state index < -0.39 is 5.54 Å². The second kappa shape index (κ2) is 7.99. The zero-order chi connectivity index (χ0) is 19.4. The van der Waals surface area contributed by atoms with Crippen LogP contribution in [-0.2, 0) is 10.3 Å². The smallest absolute Gasteiger partial charge is 0.217 e. The van der Waals surface area contributed by atoms with Gasteiger partial charge in [0.05, 0.1) is 5.54 Å². The summed E-state index contributed by atoms with van der Waals surface area (Å²) < 4.78 is 0. The molecule has 2 N–H and O–H groups in total. The number of benzene rings is 3.